The molecular formula is C21H25FN6O8P+. The standard InChI is InChI=1S/C21H24FN6O8P/c1-11(18(31)33-3)28(36-12-7-5-4-6-8-12)37(32)34-9-13-15(29)21(2,22)19(35-13)27-10-24-14-16(27)25-20(23)26-17(14)30/h4-8,10-11,13,15,19,29H,9H2,1-3H3,(H2-,23,25,26,30)/p+1/t11?,13-,15-,19-,21-/m1/s1. The number of hydroxylamine groups is 1. The number of ether oxygens (including phenoxy) is 2. The van der Waals surface area contributed by atoms with Gasteiger partial charge in [-0.2, -0.15) is 4.98 Å². The van der Waals surface area contributed by atoms with Gasteiger partial charge in [0.15, 0.2) is 34.9 Å². The lowest BCUT2D eigenvalue weighted by Crippen LogP contribution is -2.41. The largest absolute Gasteiger partial charge is 0.653 e. The summed E-state index contributed by atoms with van der Waals surface area (Å²) in [5.41, 5.74) is 2.42. The van der Waals surface area contributed by atoms with Gasteiger partial charge in [-0.25, -0.2) is 9.37 Å². The molecule has 4 rings (SSSR count). The third-order valence-corrected chi connectivity index (χ3v) is 6.87. The molecule has 2 aromatic heterocycles. The molecule has 14 nitrogen and oxygen atoms in total. The summed E-state index contributed by atoms with van der Waals surface area (Å²) in [6.07, 6.45) is -3.38. The molecule has 0 spiro atoms. The topological polar surface area (TPSA) is 184 Å². The number of benzene rings is 1. The number of esters is 1. The SMILES string of the molecule is COC(=O)C(C)N(Oc1ccccc1)[P+](=O)OC[C@H]1O[C@@H](n2cnc3c(=O)[nH]c(N)nc32)[C@](C)(F)[C@@H]1O. The van der Waals surface area contributed by atoms with E-state index in [1.165, 1.54) is 6.92 Å². The molecular weight excluding hydrogens is 514 g/mol. The number of nitrogens with zero attached hydrogens (tertiary/aromatic N) is 4. The molecule has 1 aliphatic heterocycles. The van der Waals surface area contributed by atoms with Crippen molar-refractivity contribution in [1.29, 1.82) is 0 Å². The van der Waals surface area contributed by atoms with Crippen LogP contribution in [0.3, 0.4) is 0 Å². The van der Waals surface area contributed by atoms with Crippen LogP contribution in [0.1, 0.15) is 20.1 Å². The van der Waals surface area contributed by atoms with Crippen molar-refractivity contribution in [2.24, 2.45) is 0 Å². The summed E-state index contributed by atoms with van der Waals surface area (Å²) in [5.74, 6) is -0.689. The van der Waals surface area contributed by atoms with Crippen molar-refractivity contribution in [2.45, 2.75) is 44.0 Å². The first-order valence-electron chi connectivity index (χ1n) is 11.0. The maximum atomic E-state index is 15.7. The summed E-state index contributed by atoms with van der Waals surface area (Å²) in [6, 6.07) is 7.09. The molecule has 1 fully saturated rings. The molecule has 1 saturated heterocycles. The Kier molecular flexibility index (Phi) is 7.52. The number of alkyl halides is 1. The van der Waals surface area contributed by atoms with Gasteiger partial charge in [0.2, 0.25) is 5.95 Å². The van der Waals surface area contributed by atoms with Gasteiger partial charge in [0.05, 0.1) is 13.4 Å². The zero-order chi connectivity index (χ0) is 26.9. The lowest BCUT2D eigenvalue weighted by atomic mass is 9.98. The predicted molar refractivity (Wildman–Crippen MR) is 126 cm³/mol. The van der Waals surface area contributed by atoms with Gasteiger partial charge >= 0.3 is 14.1 Å². The molecule has 0 aliphatic carbocycles. The molecule has 3 aromatic rings. The lowest BCUT2D eigenvalue weighted by molar-refractivity contribution is -0.152. The van der Waals surface area contributed by atoms with Crippen LogP contribution in [0.2, 0.25) is 0 Å². The number of para-hydroxylation sites is 1. The van der Waals surface area contributed by atoms with Gasteiger partial charge in [-0.05, 0) is 30.5 Å². The summed E-state index contributed by atoms with van der Waals surface area (Å²) in [6.45, 7) is 1.94. The highest BCUT2D eigenvalue weighted by molar-refractivity contribution is 7.36. The van der Waals surface area contributed by atoms with E-state index < -0.39 is 56.5 Å². The first-order valence-corrected chi connectivity index (χ1v) is 12.1. The van der Waals surface area contributed by atoms with Crippen LogP contribution in [0.5, 0.6) is 5.75 Å². The first-order chi connectivity index (χ1) is 17.5. The Morgan fingerprint density at radius 3 is 2.81 bits per heavy atom. The fourth-order valence-electron chi connectivity index (χ4n) is 3.76. The molecule has 3 heterocycles. The molecule has 37 heavy (non-hydrogen) atoms. The molecule has 0 saturated carbocycles. The highest BCUT2D eigenvalue weighted by Gasteiger charge is 2.56. The minimum absolute atomic E-state index is 0.0516. The van der Waals surface area contributed by atoms with E-state index in [-0.39, 0.29) is 22.9 Å². The molecule has 1 aromatic carbocycles. The Morgan fingerprint density at radius 2 is 2.14 bits per heavy atom. The lowest BCUT2D eigenvalue weighted by Gasteiger charge is -2.24. The van der Waals surface area contributed by atoms with Gasteiger partial charge in [0.1, 0.15) is 23.6 Å². The number of nitrogens with two attached hydrogens (primary N) is 1. The normalized spacial score (nSPS) is 24.8. The average molecular weight is 539 g/mol. The smallest absolute Gasteiger partial charge is 0.468 e. The van der Waals surface area contributed by atoms with Crippen LogP contribution in [0.15, 0.2) is 41.5 Å². The first kappa shape index (κ1) is 26.6. The number of rotatable bonds is 9. The summed E-state index contributed by atoms with van der Waals surface area (Å²) < 4.78 is 45.6. The quantitative estimate of drug-likeness (QED) is 0.201. The molecule has 0 radical (unpaired) electrons. The molecule has 0 amide bonds. The monoisotopic (exact) mass is 539 g/mol. The summed E-state index contributed by atoms with van der Waals surface area (Å²) in [4.78, 5) is 40.7. The average Bonchev–Trinajstić information content (AvgIpc) is 3.38. The number of anilines is 1. The number of nitrogen functional groups attached to an aromatic ring is 1. The number of imidazole rings is 1. The second-order valence-electron chi connectivity index (χ2n) is 8.34. The molecule has 2 unspecified atom stereocenters. The summed E-state index contributed by atoms with van der Waals surface area (Å²) >= 11 is 0. The van der Waals surface area contributed by atoms with Crippen LogP contribution in [-0.2, 0) is 23.4 Å². The number of hydrogen-bond donors (Lipinski definition) is 3. The van der Waals surface area contributed by atoms with Gasteiger partial charge in [0, 0.05) is 0 Å². The van der Waals surface area contributed by atoms with Crippen molar-refractivity contribution in [3.8, 4) is 5.75 Å². The highest BCUT2D eigenvalue weighted by Crippen LogP contribution is 2.43. The third-order valence-electron chi connectivity index (χ3n) is 5.75. The number of aromatic nitrogens is 4. The molecule has 4 N–H and O–H groups in total. The number of carbonyl (C=O) groups is 1. The fourth-order valence-corrected chi connectivity index (χ4v) is 4.69. The maximum absolute atomic E-state index is 15.7. The number of carbonyl (C=O) groups excluding carboxylic acids is 1. The van der Waals surface area contributed by atoms with Crippen molar-refractivity contribution in [3.05, 3.63) is 47.0 Å². The van der Waals surface area contributed by atoms with Crippen molar-refractivity contribution in [1.82, 2.24) is 24.4 Å². The predicted octanol–water partition coefficient (Wildman–Crippen LogP) is 1.22. The fraction of sp³-hybridized carbons (Fsp3) is 0.429. The summed E-state index contributed by atoms with van der Waals surface area (Å²) in [7, 11) is -1.69. The van der Waals surface area contributed by atoms with Crippen LogP contribution < -0.4 is 16.1 Å². The van der Waals surface area contributed by atoms with Gasteiger partial charge in [-0.15, -0.1) is 4.52 Å². The second kappa shape index (κ2) is 10.5. The van der Waals surface area contributed by atoms with Crippen molar-refractivity contribution in [3.63, 3.8) is 0 Å². The van der Waals surface area contributed by atoms with E-state index in [1.54, 1.807) is 30.3 Å². The van der Waals surface area contributed by atoms with Crippen LogP contribution >= 0.6 is 8.18 Å². The number of aromatic amines is 1. The van der Waals surface area contributed by atoms with E-state index >= 15 is 4.39 Å². The van der Waals surface area contributed by atoms with Crippen LogP contribution in [-0.4, -0.2) is 73.1 Å². The minimum atomic E-state index is -2.85. The van der Waals surface area contributed by atoms with Crippen molar-refractivity contribution < 1.29 is 37.7 Å². The molecule has 6 atom stereocenters. The number of halogens is 1. The Balaban J connectivity index is 1.52. The number of hydrogen-bond acceptors (Lipinski definition) is 11. The second-order valence-corrected chi connectivity index (χ2v) is 9.47. The van der Waals surface area contributed by atoms with Gasteiger partial charge in [-0.1, -0.05) is 18.2 Å². The number of fused-ring (bicyclic) bond motifs is 1. The Hall–Kier alpha value is -3.49. The van der Waals surface area contributed by atoms with E-state index in [2.05, 4.69) is 15.0 Å². The third kappa shape index (κ3) is 5.17. The van der Waals surface area contributed by atoms with Crippen LogP contribution in [0.4, 0.5) is 10.3 Å². The number of methoxy groups -OCH3 is 1. The van der Waals surface area contributed by atoms with Crippen LogP contribution in [0, 0.1) is 0 Å². The van der Waals surface area contributed by atoms with Crippen molar-refractivity contribution in [2.75, 3.05) is 19.5 Å². The van der Waals surface area contributed by atoms with Crippen LogP contribution in [0.25, 0.3) is 11.2 Å². The number of aliphatic hydroxyl groups is 1. The van der Waals surface area contributed by atoms with Gasteiger partial charge < -0.3 is 25.2 Å². The van der Waals surface area contributed by atoms with Crippen molar-refractivity contribution >= 4 is 31.3 Å². The zero-order valence-corrected chi connectivity index (χ0v) is 20.9. The highest BCUT2D eigenvalue weighted by atomic mass is 31.1. The molecule has 198 valence electrons. The van der Waals surface area contributed by atoms with Gasteiger partial charge in [0.25, 0.3) is 5.56 Å². The Morgan fingerprint density at radius 1 is 1.43 bits per heavy atom. The number of H-pyrrole nitrogens is 1. The van der Waals surface area contributed by atoms with E-state index in [0.29, 0.717) is 0 Å². The van der Waals surface area contributed by atoms with E-state index in [9.17, 15) is 19.3 Å². The van der Waals surface area contributed by atoms with E-state index in [0.717, 1.165) is 29.8 Å². The van der Waals surface area contributed by atoms with E-state index in [4.69, 9.17) is 24.6 Å². The zero-order valence-electron chi connectivity index (χ0n) is 20.0. The minimum Gasteiger partial charge on any atom is -0.468 e. The number of aliphatic hydroxyl groups excluding tert-OH is 1. The molecule has 0 bridgehead atoms. The van der Waals surface area contributed by atoms with Gasteiger partial charge in [-0.3, -0.25) is 19.1 Å². The maximum Gasteiger partial charge on any atom is 0.653 e. The summed E-state index contributed by atoms with van der Waals surface area (Å²) in [5, 5.41) is 10.6. The Labute approximate surface area is 210 Å². The number of nitrogens with one attached hydrogen (secondary N) is 1. The molecule has 16 heteroatoms. The molecule has 1 aliphatic rings. The Bertz CT molecular complexity index is 1350. The van der Waals surface area contributed by atoms with E-state index in [1.807, 2.05) is 0 Å².